The molecule has 1 fully saturated rings. The maximum absolute atomic E-state index is 10.5. The molecule has 1 aliphatic rings. The molecule has 0 amide bonds. The first-order chi connectivity index (χ1) is 8.15. The molecular weight excluding hydrogens is 212 g/mol. The van der Waals surface area contributed by atoms with Gasteiger partial charge in [-0.05, 0) is 45.2 Å². The lowest BCUT2D eigenvalue weighted by Gasteiger charge is -2.39. The molecule has 3 heteroatoms. The lowest BCUT2D eigenvalue weighted by molar-refractivity contribution is -0.0179. The van der Waals surface area contributed by atoms with Crippen LogP contribution in [-0.4, -0.2) is 47.8 Å². The summed E-state index contributed by atoms with van der Waals surface area (Å²) in [4.78, 5) is 2.50. The molecule has 102 valence electrons. The second-order valence-electron chi connectivity index (χ2n) is 5.40. The van der Waals surface area contributed by atoms with Crippen LogP contribution >= 0.6 is 0 Å². The molecule has 0 radical (unpaired) electrons. The number of rotatable bonds is 7. The summed E-state index contributed by atoms with van der Waals surface area (Å²) >= 11 is 0. The van der Waals surface area contributed by atoms with Gasteiger partial charge in [-0.2, -0.15) is 0 Å². The summed E-state index contributed by atoms with van der Waals surface area (Å²) < 4.78 is 0. The van der Waals surface area contributed by atoms with E-state index < -0.39 is 5.60 Å². The standard InChI is InChI=1S/C14H30N2O/c1-4-10-16(12-14(17,5-2)6-3)13-8-7-9-15-11-13/h13,15,17H,4-12H2,1-3H3. The first-order valence-corrected chi connectivity index (χ1v) is 7.32. The second-order valence-corrected chi connectivity index (χ2v) is 5.40. The molecule has 1 atom stereocenters. The minimum Gasteiger partial charge on any atom is -0.389 e. The largest absolute Gasteiger partial charge is 0.389 e. The predicted molar refractivity (Wildman–Crippen MR) is 73.3 cm³/mol. The van der Waals surface area contributed by atoms with Gasteiger partial charge in [0, 0.05) is 19.1 Å². The van der Waals surface area contributed by atoms with Crippen molar-refractivity contribution in [2.24, 2.45) is 0 Å². The molecule has 17 heavy (non-hydrogen) atoms. The van der Waals surface area contributed by atoms with Gasteiger partial charge in [-0.3, -0.25) is 4.90 Å². The van der Waals surface area contributed by atoms with Crippen LogP contribution in [0, 0.1) is 0 Å². The van der Waals surface area contributed by atoms with Gasteiger partial charge in [0.05, 0.1) is 5.60 Å². The van der Waals surface area contributed by atoms with E-state index in [0.29, 0.717) is 6.04 Å². The fourth-order valence-corrected chi connectivity index (χ4v) is 2.67. The molecule has 1 rings (SSSR count). The molecule has 1 saturated heterocycles. The molecule has 0 bridgehead atoms. The summed E-state index contributed by atoms with van der Waals surface area (Å²) in [7, 11) is 0. The van der Waals surface area contributed by atoms with Crippen molar-refractivity contribution in [1.82, 2.24) is 10.2 Å². The third-order valence-corrected chi connectivity index (χ3v) is 4.11. The fraction of sp³-hybridized carbons (Fsp3) is 1.00. The van der Waals surface area contributed by atoms with Gasteiger partial charge in [0.25, 0.3) is 0 Å². The highest BCUT2D eigenvalue weighted by Crippen LogP contribution is 2.20. The van der Waals surface area contributed by atoms with Crippen molar-refractivity contribution in [2.75, 3.05) is 26.2 Å². The Morgan fingerprint density at radius 2 is 2.00 bits per heavy atom. The molecule has 3 nitrogen and oxygen atoms in total. The Bertz CT molecular complexity index is 198. The van der Waals surface area contributed by atoms with Crippen LogP contribution in [0.3, 0.4) is 0 Å². The van der Waals surface area contributed by atoms with Gasteiger partial charge in [-0.15, -0.1) is 0 Å². The number of hydrogen-bond acceptors (Lipinski definition) is 3. The first-order valence-electron chi connectivity index (χ1n) is 7.32. The highest BCUT2D eigenvalue weighted by molar-refractivity contribution is 4.85. The Morgan fingerprint density at radius 1 is 1.29 bits per heavy atom. The van der Waals surface area contributed by atoms with Gasteiger partial charge in [-0.1, -0.05) is 20.8 Å². The quantitative estimate of drug-likeness (QED) is 0.717. The third kappa shape index (κ3) is 4.57. The Hall–Kier alpha value is -0.120. The van der Waals surface area contributed by atoms with Crippen LogP contribution in [0.25, 0.3) is 0 Å². The number of nitrogens with one attached hydrogen (secondary N) is 1. The molecule has 2 N–H and O–H groups in total. The van der Waals surface area contributed by atoms with Crippen molar-refractivity contribution in [3.8, 4) is 0 Å². The summed E-state index contributed by atoms with van der Waals surface area (Å²) in [6, 6.07) is 0.619. The van der Waals surface area contributed by atoms with E-state index in [1.54, 1.807) is 0 Å². The van der Waals surface area contributed by atoms with Crippen LogP contribution in [-0.2, 0) is 0 Å². The van der Waals surface area contributed by atoms with Crippen LogP contribution < -0.4 is 5.32 Å². The molecular formula is C14H30N2O. The van der Waals surface area contributed by atoms with E-state index in [4.69, 9.17) is 0 Å². The van der Waals surface area contributed by atoms with Gasteiger partial charge in [0.15, 0.2) is 0 Å². The van der Waals surface area contributed by atoms with Crippen molar-refractivity contribution in [3.05, 3.63) is 0 Å². The Kier molecular flexibility index (Phi) is 6.45. The predicted octanol–water partition coefficient (Wildman–Crippen LogP) is 2.00. The third-order valence-electron chi connectivity index (χ3n) is 4.11. The summed E-state index contributed by atoms with van der Waals surface area (Å²) in [5, 5.41) is 14.0. The molecule has 0 aliphatic carbocycles. The molecule has 0 spiro atoms. The molecule has 1 unspecified atom stereocenters. The number of aliphatic hydroxyl groups is 1. The SMILES string of the molecule is CCCN(CC(O)(CC)CC)C1CCCNC1. The van der Waals surface area contributed by atoms with Crippen LogP contribution in [0.5, 0.6) is 0 Å². The summed E-state index contributed by atoms with van der Waals surface area (Å²) in [5.74, 6) is 0. The van der Waals surface area contributed by atoms with Crippen molar-refractivity contribution in [3.63, 3.8) is 0 Å². The van der Waals surface area contributed by atoms with Crippen molar-refractivity contribution in [1.29, 1.82) is 0 Å². The molecule has 1 heterocycles. The highest BCUT2D eigenvalue weighted by atomic mass is 16.3. The molecule has 0 aromatic carbocycles. The Morgan fingerprint density at radius 3 is 2.47 bits per heavy atom. The van der Waals surface area contributed by atoms with Gasteiger partial charge in [0.1, 0.15) is 0 Å². The Labute approximate surface area is 107 Å². The maximum atomic E-state index is 10.5. The lowest BCUT2D eigenvalue weighted by atomic mass is 9.94. The monoisotopic (exact) mass is 242 g/mol. The van der Waals surface area contributed by atoms with E-state index in [2.05, 4.69) is 31.0 Å². The number of piperidine rings is 1. The zero-order valence-corrected chi connectivity index (χ0v) is 11.8. The van der Waals surface area contributed by atoms with Gasteiger partial charge < -0.3 is 10.4 Å². The molecule has 1 aliphatic heterocycles. The summed E-state index contributed by atoms with van der Waals surface area (Å²) in [5.41, 5.74) is -0.493. The van der Waals surface area contributed by atoms with E-state index in [9.17, 15) is 5.11 Å². The summed E-state index contributed by atoms with van der Waals surface area (Å²) in [6.07, 6.45) is 5.41. The van der Waals surface area contributed by atoms with Crippen molar-refractivity contribution >= 4 is 0 Å². The average molecular weight is 242 g/mol. The van der Waals surface area contributed by atoms with Gasteiger partial charge in [-0.25, -0.2) is 0 Å². The van der Waals surface area contributed by atoms with Crippen molar-refractivity contribution in [2.45, 2.75) is 64.5 Å². The summed E-state index contributed by atoms with van der Waals surface area (Å²) in [6.45, 7) is 10.6. The van der Waals surface area contributed by atoms with E-state index >= 15 is 0 Å². The number of nitrogens with zero attached hydrogens (tertiary/aromatic N) is 1. The van der Waals surface area contributed by atoms with E-state index in [-0.39, 0.29) is 0 Å². The normalized spacial score (nSPS) is 22.1. The van der Waals surface area contributed by atoms with Crippen LogP contribution in [0.1, 0.15) is 52.9 Å². The molecule has 0 saturated carbocycles. The minimum absolute atomic E-state index is 0.493. The number of hydrogen-bond donors (Lipinski definition) is 2. The topological polar surface area (TPSA) is 35.5 Å². The molecule has 0 aromatic heterocycles. The van der Waals surface area contributed by atoms with Gasteiger partial charge in [0.2, 0.25) is 0 Å². The van der Waals surface area contributed by atoms with Gasteiger partial charge >= 0.3 is 0 Å². The van der Waals surface area contributed by atoms with Crippen molar-refractivity contribution < 1.29 is 5.11 Å². The lowest BCUT2D eigenvalue weighted by Crippen LogP contribution is -2.52. The zero-order valence-electron chi connectivity index (χ0n) is 11.8. The average Bonchev–Trinajstić information content (AvgIpc) is 2.39. The van der Waals surface area contributed by atoms with Crippen LogP contribution in [0.4, 0.5) is 0 Å². The first kappa shape index (κ1) is 14.9. The maximum Gasteiger partial charge on any atom is 0.0769 e. The molecule has 0 aromatic rings. The van der Waals surface area contributed by atoms with E-state index in [1.807, 2.05) is 0 Å². The highest BCUT2D eigenvalue weighted by Gasteiger charge is 2.29. The zero-order chi connectivity index (χ0) is 12.7. The van der Waals surface area contributed by atoms with E-state index in [0.717, 1.165) is 39.0 Å². The smallest absolute Gasteiger partial charge is 0.0769 e. The van der Waals surface area contributed by atoms with Crippen LogP contribution in [0.2, 0.25) is 0 Å². The van der Waals surface area contributed by atoms with Crippen LogP contribution in [0.15, 0.2) is 0 Å². The minimum atomic E-state index is -0.493. The Balaban J connectivity index is 2.57. The van der Waals surface area contributed by atoms with E-state index in [1.165, 1.54) is 19.3 Å². The second kappa shape index (κ2) is 7.34. The fourth-order valence-electron chi connectivity index (χ4n) is 2.67.